The van der Waals surface area contributed by atoms with Crippen LogP contribution in [0, 0.1) is 5.41 Å². The Bertz CT molecular complexity index is 518. The summed E-state index contributed by atoms with van der Waals surface area (Å²) in [5.41, 5.74) is 6.07. The van der Waals surface area contributed by atoms with Gasteiger partial charge < -0.3 is 20.9 Å². The number of rotatable bonds is 6. The van der Waals surface area contributed by atoms with Crippen molar-refractivity contribution >= 4 is 11.7 Å². The molecule has 0 radical (unpaired) electrons. The molecule has 3 rings (SSSR count). The van der Waals surface area contributed by atoms with Crippen LogP contribution in [0.25, 0.3) is 0 Å². The highest BCUT2D eigenvalue weighted by Crippen LogP contribution is 2.46. The van der Waals surface area contributed by atoms with E-state index >= 15 is 0 Å². The second kappa shape index (κ2) is 6.22. The molecule has 6 nitrogen and oxygen atoms in total. The Morgan fingerprint density at radius 1 is 1.32 bits per heavy atom. The van der Waals surface area contributed by atoms with Crippen LogP contribution in [0.15, 0.2) is 18.3 Å². The number of hydrogen-bond donors (Lipinski definition) is 2. The number of nitrogens with two attached hydrogens (primary N) is 1. The lowest BCUT2D eigenvalue weighted by Gasteiger charge is -2.35. The Morgan fingerprint density at radius 3 is 2.59 bits per heavy atom. The van der Waals surface area contributed by atoms with Gasteiger partial charge in [0.25, 0.3) is 0 Å². The molecular weight excluding hydrogens is 278 g/mol. The van der Waals surface area contributed by atoms with Crippen molar-refractivity contribution in [2.24, 2.45) is 11.1 Å². The number of piperazine rings is 1. The van der Waals surface area contributed by atoms with Gasteiger partial charge in [0.05, 0.1) is 5.56 Å². The number of primary amides is 1. The molecule has 1 aromatic rings. The van der Waals surface area contributed by atoms with Gasteiger partial charge in [0.15, 0.2) is 0 Å². The highest BCUT2D eigenvalue weighted by molar-refractivity contribution is 5.92. The van der Waals surface area contributed by atoms with Crippen LogP contribution in [-0.2, 0) is 0 Å². The fraction of sp³-hybridized carbons (Fsp3) is 0.625. The molecule has 0 bridgehead atoms. The van der Waals surface area contributed by atoms with E-state index in [0.717, 1.165) is 12.4 Å². The van der Waals surface area contributed by atoms with Gasteiger partial charge in [0.1, 0.15) is 5.82 Å². The summed E-state index contributed by atoms with van der Waals surface area (Å²) in [6.07, 6.45) is 4.10. The summed E-state index contributed by atoms with van der Waals surface area (Å²) >= 11 is 0. The average Bonchev–Trinajstić information content (AvgIpc) is 3.28. The molecular formula is C16H25N5O. The first kappa shape index (κ1) is 15.2. The molecule has 1 aromatic heterocycles. The molecule has 1 amide bonds. The van der Waals surface area contributed by atoms with E-state index in [4.69, 9.17) is 5.73 Å². The van der Waals surface area contributed by atoms with Crippen LogP contribution < -0.4 is 11.1 Å². The topological polar surface area (TPSA) is 74.5 Å². The molecule has 0 atom stereocenters. The number of hydrogen-bond acceptors (Lipinski definition) is 5. The van der Waals surface area contributed by atoms with Crippen molar-refractivity contribution in [3.8, 4) is 0 Å². The van der Waals surface area contributed by atoms with Gasteiger partial charge >= 0.3 is 0 Å². The molecule has 3 N–H and O–H groups in total. The molecule has 0 unspecified atom stereocenters. The highest BCUT2D eigenvalue weighted by Gasteiger charge is 2.43. The molecule has 2 aliphatic rings. The van der Waals surface area contributed by atoms with E-state index in [-0.39, 0.29) is 0 Å². The van der Waals surface area contributed by atoms with Crippen LogP contribution >= 0.6 is 0 Å². The molecule has 1 aliphatic heterocycles. The maximum atomic E-state index is 11.0. The van der Waals surface area contributed by atoms with Crippen LogP contribution in [-0.4, -0.2) is 67.0 Å². The van der Waals surface area contributed by atoms with E-state index in [1.807, 2.05) is 6.07 Å². The molecule has 0 spiro atoms. The van der Waals surface area contributed by atoms with Gasteiger partial charge in [0, 0.05) is 50.9 Å². The van der Waals surface area contributed by atoms with Gasteiger partial charge in [-0.15, -0.1) is 0 Å². The number of anilines is 1. The SMILES string of the molecule is CN1CCN(CC2(CNc3ccc(C(N)=O)cn3)CC2)CC1. The predicted octanol–water partition coefficient (Wildman–Crippen LogP) is 0.620. The lowest BCUT2D eigenvalue weighted by atomic mass is 10.1. The van der Waals surface area contributed by atoms with Crippen molar-refractivity contribution in [1.29, 1.82) is 0 Å². The lowest BCUT2D eigenvalue weighted by molar-refractivity contribution is 0.1000. The number of nitrogens with zero attached hydrogens (tertiary/aromatic N) is 3. The standard InChI is InChI=1S/C16H25N5O/c1-20-6-8-21(9-7-20)12-16(4-5-16)11-19-14-3-2-13(10-18-14)15(17)22/h2-3,10H,4-9,11-12H2,1H3,(H2,17,22)(H,18,19). The summed E-state index contributed by atoms with van der Waals surface area (Å²) in [4.78, 5) is 20.3. The summed E-state index contributed by atoms with van der Waals surface area (Å²) in [7, 11) is 2.19. The van der Waals surface area contributed by atoms with E-state index in [0.29, 0.717) is 11.0 Å². The minimum Gasteiger partial charge on any atom is -0.369 e. The van der Waals surface area contributed by atoms with Gasteiger partial charge in [-0.25, -0.2) is 4.98 Å². The van der Waals surface area contributed by atoms with Crippen molar-refractivity contribution in [2.45, 2.75) is 12.8 Å². The van der Waals surface area contributed by atoms with Crippen LogP contribution in [0.2, 0.25) is 0 Å². The van der Waals surface area contributed by atoms with Gasteiger partial charge in [0.2, 0.25) is 5.91 Å². The minimum atomic E-state index is -0.437. The van der Waals surface area contributed by atoms with Crippen molar-refractivity contribution in [1.82, 2.24) is 14.8 Å². The Kier molecular flexibility index (Phi) is 4.31. The quantitative estimate of drug-likeness (QED) is 0.806. The van der Waals surface area contributed by atoms with Crippen LogP contribution in [0.5, 0.6) is 0 Å². The first-order valence-electron chi connectivity index (χ1n) is 7.97. The third kappa shape index (κ3) is 3.75. The van der Waals surface area contributed by atoms with E-state index < -0.39 is 5.91 Å². The summed E-state index contributed by atoms with van der Waals surface area (Å²) in [6.45, 7) is 6.79. The maximum absolute atomic E-state index is 11.0. The van der Waals surface area contributed by atoms with Gasteiger partial charge in [-0.1, -0.05) is 0 Å². The molecule has 22 heavy (non-hydrogen) atoms. The van der Waals surface area contributed by atoms with Crippen molar-refractivity contribution in [2.75, 3.05) is 51.6 Å². The predicted molar refractivity (Wildman–Crippen MR) is 86.8 cm³/mol. The van der Waals surface area contributed by atoms with E-state index in [1.165, 1.54) is 51.8 Å². The highest BCUT2D eigenvalue weighted by atomic mass is 16.1. The molecule has 2 heterocycles. The minimum absolute atomic E-state index is 0.403. The van der Waals surface area contributed by atoms with Crippen LogP contribution in [0.1, 0.15) is 23.2 Å². The van der Waals surface area contributed by atoms with E-state index in [2.05, 4.69) is 27.1 Å². The number of pyridine rings is 1. The van der Waals surface area contributed by atoms with E-state index in [1.54, 1.807) is 6.07 Å². The number of amides is 1. The molecule has 2 fully saturated rings. The monoisotopic (exact) mass is 303 g/mol. The Hall–Kier alpha value is -1.66. The first-order chi connectivity index (χ1) is 10.6. The summed E-state index contributed by atoms with van der Waals surface area (Å²) in [5, 5.41) is 3.41. The summed E-state index contributed by atoms with van der Waals surface area (Å²) in [6, 6.07) is 3.55. The molecule has 1 saturated carbocycles. The van der Waals surface area contributed by atoms with Gasteiger partial charge in [-0.05, 0) is 32.0 Å². The summed E-state index contributed by atoms with van der Waals surface area (Å²) < 4.78 is 0. The van der Waals surface area contributed by atoms with Crippen LogP contribution in [0.3, 0.4) is 0 Å². The molecule has 0 aromatic carbocycles. The molecule has 1 aliphatic carbocycles. The van der Waals surface area contributed by atoms with E-state index in [9.17, 15) is 4.79 Å². The number of carbonyl (C=O) groups is 1. The Morgan fingerprint density at radius 2 is 2.05 bits per heavy atom. The number of likely N-dealkylation sites (N-methyl/N-ethyl adjacent to an activating group) is 1. The zero-order chi connectivity index (χ0) is 15.6. The second-order valence-electron chi connectivity index (χ2n) is 6.73. The normalized spacial score (nSPS) is 21.5. The number of nitrogens with one attached hydrogen (secondary N) is 1. The smallest absolute Gasteiger partial charge is 0.250 e. The van der Waals surface area contributed by atoms with Crippen molar-refractivity contribution < 1.29 is 4.79 Å². The largest absolute Gasteiger partial charge is 0.369 e. The fourth-order valence-electron chi connectivity index (χ4n) is 2.97. The Labute approximate surface area is 131 Å². The second-order valence-corrected chi connectivity index (χ2v) is 6.73. The Balaban J connectivity index is 1.49. The number of aromatic nitrogens is 1. The third-order valence-electron chi connectivity index (χ3n) is 4.80. The third-order valence-corrected chi connectivity index (χ3v) is 4.80. The van der Waals surface area contributed by atoms with Crippen molar-refractivity contribution in [3.63, 3.8) is 0 Å². The zero-order valence-corrected chi connectivity index (χ0v) is 13.2. The summed E-state index contributed by atoms with van der Waals surface area (Å²) in [5.74, 6) is 0.377. The first-order valence-corrected chi connectivity index (χ1v) is 7.97. The van der Waals surface area contributed by atoms with Crippen molar-refractivity contribution in [3.05, 3.63) is 23.9 Å². The maximum Gasteiger partial charge on any atom is 0.250 e. The molecule has 6 heteroatoms. The lowest BCUT2D eigenvalue weighted by Crippen LogP contribution is -2.47. The molecule has 1 saturated heterocycles. The zero-order valence-electron chi connectivity index (χ0n) is 13.2. The molecule has 120 valence electrons. The van der Waals surface area contributed by atoms with Crippen LogP contribution in [0.4, 0.5) is 5.82 Å². The van der Waals surface area contributed by atoms with Gasteiger partial charge in [-0.2, -0.15) is 0 Å². The fourth-order valence-corrected chi connectivity index (χ4v) is 2.97. The average molecular weight is 303 g/mol. The number of carbonyl (C=O) groups excluding carboxylic acids is 1. The van der Waals surface area contributed by atoms with Gasteiger partial charge in [-0.3, -0.25) is 4.79 Å².